The van der Waals surface area contributed by atoms with Crippen LogP contribution in [0.4, 0.5) is 0 Å². The van der Waals surface area contributed by atoms with Gasteiger partial charge in [-0.2, -0.15) is 4.98 Å². The number of amides is 1. The molecule has 9 heteroatoms. The van der Waals surface area contributed by atoms with Gasteiger partial charge in [-0.05, 0) is 18.1 Å². The molecule has 1 atom stereocenters. The second-order valence-electron chi connectivity index (χ2n) is 5.02. The van der Waals surface area contributed by atoms with Gasteiger partial charge in [0.25, 0.3) is 0 Å². The van der Waals surface area contributed by atoms with Gasteiger partial charge in [0.05, 0.1) is 0 Å². The van der Waals surface area contributed by atoms with Crippen LogP contribution in [0, 0.1) is 5.92 Å². The number of hydrogen-bond acceptors (Lipinski definition) is 6. The van der Waals surface area contributed by atoms with Crippen molar-refractivity contribution in [1.82, 2.24) is 20.4 Å². The highest BCUT2D eigenvalue weighted by molar-refractivity contribution is 5.85. The van der Waals surface area contributed by atoms with Gasteiger partial charge in [-0.15, -0.1) is 24.8 Å². The molecule has 0 radical (unpaired) electrons. The SMILES string of the molecule is CC(C)C(NC(=O)CCN)c1nc(-c2ccncc2)no1.Cl.Cl. The molecule has 0 aliphatic heterocycles. The Hall–Kier alpha value is -1.70. The molecule has 0 spiro atoms. The second-order valence-corrected chi connectivity index (χ2v) is 5.02. The summed E-state index contributed by atoms with van der Waals surface area (Å²) >= 11 is 0. The van der Waals surface area contributed by atoms with Crippen LogP contribution in [0.25, 0.3) is 11.4 Å². The Labute approximate surface area is 147 Å². The molecule has 0 bridgehead atoms. The van der Waals surface area contributed by atoms with Crippen LogP contribution in [0.5, 0.6) is 0 Å². The van der Waals surface area contributed by atoms with Gasteiger partial charge in [-0.1, -0.05) is 19.0 Å². The highest BCUT2D eigenvalue weighted by Crippen LogP contribution is 2.23. The summed E-state index contributed by atoms with van der Waals surface area (Å²) in [6.45, 7) is 4.26. The maximum atomic E-state index is 11.7. The van der Waals surface area contributed by atoms with Crippen LogP contribution in [0.2, 0.25) is 0 Å². The molecule has 0 aromatic carbocycles. The first-order chi connectivity index (χ1) is 10.1. The first-order valence-electron chi connectivity index (χ1n) is 6.85. The molecule has 0 fully saturated rings. The molecular formula is C14H21Cl2N5O2. The largest absolute Gasteiger partial charge is 0.344 e. The predicted octanol–water partition coefficient (Wildman–Crippen LogP) is 2.14. The van der Waals surface area contributed by atoms with E-state index in [2.05, 4.69) is 20.4 Å². The van der Waals surface area contributed by atoms with Crippen molar-refractivity contribution in [3.05, 3.63) is 30.4 Å². The molecule has 1 unspecified atom stereocenters. The first-order valence-corrected chi connectivity index (χ1v) is 6.85. The molecule has 2 rings (SSSR count). The Morgan fingerprint density at radius 1 is 1.30 bits per heavy atom. The molecule has 0 aliphatic carbocycles. The summed E-state index contributed by atoms with van der Waals surface area (Å²) in [6, 6.07) is 3.27. The molecule has 7 nitrogen and oxygen atoms in total. The fourth-order valence-electron chi connectivity index (χ4n) is 1.87. The number of nitrogens with one attached hydrogen (secondary N) is 1. The third-order valence-electron chi connectivity index (χ3n) is 3.00. The summed E-state index contributed by atoms with van der Waals surface area (Å²) in [5.41, 5.74) is 6.20. The van der Waals surface area contributed by atoms with Crippen molar-refractivity contribution in [3.63, 3.8) is 0 Å². The Kier molecular flexibility index (Phi) is 9.40. The summed E-state index contributed by atoms with van der Waals surface area (Å²) < 4.78 is 5.29. The van der Waals surface area contributed by atoms with Crippen LogP contribution in [-0.2, 0) is 4.79 Å². The molecule has 2 aromatic heterocycles. The fraction of sp³-hybridized carbons (Fsp3) is 0.429. The summed E-state index contributed by atoms with van der Waals surface area (Å²) in [7, 11) is 0. The van der Waals surface area contributed by atoms with E-state index in [1.807, 2.05) is 13.8 Å². The third kappa shape index (κ3) is 5.78. The van der Waals surface area contributed by atoms with E-state index in [1.165, 1.54) is 0 Å². The highest BCUT2D eigenvalue weighted by Gasteiger charge is 2.24. The minimum absolute atomic E-state index is 0. The average Bonchev–Trinajstić information content (AvgIpc) is 2.95. The number of carbonyl (C=O) groups excluding carboxylic acids is 1. The molecular weight excluding hydrogens is 341 g/mol. The Morgan fingerprint density at radius 3 is 2.52 bits per heavy atom. The zero-order valence-electron chi connectivity index (χ0n) is 12.9. The molecule has 2 aromatic rings. The van der Waals surface area contributed by atoms with Crippen LogP contribution in [0.15, 0.2) is 29.0 Å². The summed E-state index contributed by atoms with van der Waals surface area (Å²) in [5.74, 6) is 0.866. The standard InChI is InChI=1S/C14H19N5O2.2ClH/c1-9(2)12(17-11(20)3-6-15)14-18-13(19-21-14)10-4-7-16-8-5-10;;/h4-5,7-9,12H,3,6,15H2,1-2H3,(H,17,20);2*1H. The van der Waals surface area contributed by atoms with Gasteiger partial charge >= 0.3 is 0 Å². The van der Waals surface area contributed by atoms with E-state index in [0.29, 0.717) is 18.3 Å². The van der Waals surface area contributed by atoms with Gasteiger partial charge in [0.1, 0.15) is 6.04 Å². The number of nitrogens with two attached hydrogens (primary N) is 1. The zero-order chi connectivity index (χ0) is 15.2. The fourth-order valence-corrected chi connectivity index (χ4v) is 1.87. The Balaban J connectivity index is 0.00000242. The number of aromatic nitrogens is 3. The van der Waals surface area contributed by atoms with Crippen LogP contribution in [-0.4, -0.2) is 27.6 Å². The van der Waals surface area contributed by atoms with Gasteiger partial charge in [0.2, 0.25) is 17.6 Å². The summed E-state index contributed by atoms with van der Waals surface area (Å²) in [6.07, 6.45) is 3.59. The average molecular weight is 362 g/mol. The van der Waals surface area contributed by atoms with Gasteiger partial charge in [-0.3, -0.25) is 9.78 Å². The summed E-state index contributed by atoms with van der Waals surface area (Å²) in [5, 5.41) is 6.82. The zero-order valence-corrected chi connectivity index (χ0v) is 14.6. The third-order valence-corrected chi connectivity index (χ3v) is 3.00. The lowest BCUT2D eigenvalue weighted by Crippen LogP contribution is -2.33. The van der Waals surface area contributed by atoms with Gasteiger partial charge in [-0.25, -0.2) is 0 Å². The minimum Gasteiger partial charge on any atom is -0.344 e. The number of rotatable bonds is 6. The highest BCUT2D eigenvalue weighted by atomic mass is 35.5. The van der Waals surface area contributed by atoms with Gasteiger partial charge < -0.3 is 15.6 Å². The molecule has 2 heterocycles. The lowest BCUT2D eigenvalue weighted by atomic mass is 10.0. The van der Waals surface area contributed by atoms with Gasteiger partial charge in [0, 0.05) is 30.9 Å². The first kappa shape index (κ1) is 21.3. The van der Waals surface area contributed by atoms with Crippen LogP contribution >= 0.6 is 24.8 Å². The monoisotopic (exact) mass is 361 g/mol. The molecule has 0 saturated heterocycles. The van der Waals surface area contributed by atoms with E-state index >= 15 is 0 Å². The minimum atomic E-state index is -0.327. The van der Waals surface area contributed by atoms with Gasteiger partial charge in [0.15, 0.2) is 0 Å². The van der Waals surface area contributed by atoms with Crippen molar-refractivity contribution < 1.29 is 9.32 Å². The molecule has 3 N–H and O–H groups in total. The second kappa shape index (κ2) is 10.1. The van der Waals surface area contributed by atoms with E-state index in [9.17, 15) is 4.79 Å². The van der Waals surface area contributed by atoms with E-state index in [4.69, 9.17) is 10.3 Å². The van der Waals surface area contributed by atoms with E-state index in [1.54, 1.807) is 24.5 Å². The number of hydrogen-bond donors (Lipinski definition) is 2. The molecule has 1 amide bonds. The van der Waals surface area contributed by atoms with Crippen LogP contribution < -0.4 is 11.1 Å². The number of carbonyl (C=O) groups is 1. The number of halogens is 2. The smallest absolute Gasteiger partial charge is 0.249 e. The number of pyridine rings is 1. The normalized spacial score (nSPS) is 11.3. The lowest BCUT2D eigenvalue weighted by Gasteiger charge is -2.18. The van der Waals surface area contributed by atoms with Crippen molar-refractivity contribution in [1.29, 1.82) is 0 Å². The lowest BCUT2D eigenvalue weighted by molar-refractivity contribution is -0.122. The van der Waals surface area contributed by atoms with Crippen molar-refractivity contribution in [2.45, 2.75) is 26.3 Å². The summed E-state index contributed by atoms with van der Waals surface area (Å²) in [4.78, 5) is 20.0. The predicted molar refractivity (Wildman–Crippen MR) is 91.4 cm³/mol. The molecule has 0 aliphatic rings. The topological polar surface area (TPSA) is 107 Å². The van der Waals surface area contributed by atoms with Crippen LogP contribution in [0.1, 0.15) is 32.2 Å². The molecule has 0 saturated carbocycles. The van der Waals surface area contributed by atoms with Crippen molar-refractivity contribution >= 4 is 30.7 Å². The Morgan fingerprint density at radius 2 is 1.96 bits per heavy atom. The maximum Gasteiger partial charge on any atom is 0.249 e. The van der Waals surface area contributed by atoms with Crippen molar-refractivity contribution in [3.8, 4) is 11.4 Å². The maximum absolute atomic E-state index is 11.7. The molecule has 128 valence electrons. The van der Waals surface area contributed by atoms with E-state index in [-0.39, 0.29) is 49.1 Å². The number of nitrogens with zero attached hydrogens (tertiary/aromatic N) is 3. The van der Waals surface area contributed by atoms with Crippen LogP contribution in [0.3, 0.4) is 0 Å². The Bertz CT molecular complexity index is 592. The van der Waals surface area contributed by atoms with Crippen molar-refractivity contribution in [2.75, 3.05) is 6.54 Å². The van der Waals surface area contributed by atoms with E-state index < -0.39 is 0 Å². The van der Waals surface area contributed by atoms with E-state index in [0.717, 1.165) is 5.56 Å². The molecule has 23 heavy (non-hydrogen) atoms. The van der Waals surface area contributed by atoms with Crippen molar-refractivity contribution in [2.24, 2.45) is 11.7 Å². The quantitative estimate of drug-likeness (QED) is 0.815.